The minimum atomic E-state index is -2.91. The number of alkyl halides is 2. The molecule has 1 atom stereocenters. The predicted molar refractivity (Wildman–Crippen MR) is 167 cm³/mol. The lowest BCUT2D eigenvalue weighted by molar-refractivity contribution is -0.113. The second-order valence-electron chi connectivity index (χ2n) is 12.4. The third-order valence-electron chi connectivity index (χ3n) is 8.36. The summed E-state index contributed by atoms with van der Waals surface area (Å²) in [6.45, 7) is 4.36. The van der Waals surface area contributed by atoms with Gasteiger partial charge in [0, 0.05) is 54.1 Å². The molecule has 2 N–H and O–H groups in total. The number of amides is 2. The Morgan fingerprint density at radius 2 is 1.89 bits per heavy atom. The first-order valence-corrected chi connectivity index (χ1v) is 15.7. The van der Waals surface area contributed by atoms with Gasteiger partial charge in [-0.1, -0.05) is 17.7 Å². The highest BCUT2D eigenvalue weighted by molar-refractivity contribution is 6.31. The minimum Gasteiger partial charge on any atom is -0.377 e. The Bertz CT molecular complexity index is 1680. The van der Waals surface area contributed by atoms with Crippen molar-refractivity contribution in [2.75, 3.05) is 31.6 Å². The SMILES string of the molecule is CC(C)n1cc(CNCC2CCCO2)cc(C(=O)Nc2cc(-c3ccc(Cl)cc3C(=O)N3CC(F)(F)C3)cc(C3CC3)n2)c1=O. The molecule has 1 saturated carbocycles. The van der Waals surface area contributed by atoms with E-state index in [0.717, 1.165) is 48.4 Å². The fourth-order valence-corrected chi connectivity index (χ4v) is 5.97. The van der Waals surface area contributed by atoms with Crippen molar-refractivity contribution in [2.24, 2.45) is 0 Å². The number of carbonyl (C=O) groups excluding carboxylic acids is 2. The number of nitrogens with one attached hydrogen (secondary N) is 2. The summed E-state index contributed by atoms with van der Waals surface area (Å²) < 4.78 is 34.4. The number of rotatable bonds is 10. The molecule has 0 radical (unpaired) electrons. The summed E-state index contributed by atoms with van der Waals surface area (Å²) in [7, 11) is 0. The molecule has 0 bridgehead atoms. The van der Waals surface area contributed by atoms with Gasteiger partial charge < -0.3 is 24.8 Å². The topological polar surface area (TPSA) is 106 Å². The van der Waals surface area contributed by atoms with Crippen molar-refractivity contribution in [1.82, 2.24) is 19.8 Å². The monoisotopic (exact) mass is 639 g/mol. The number of anilines is 1. The Hall–Kier alpha value is -3.67. The van der Waals surface area contributed by atoms with Crippen LogP contribution in [0.15, 0.2) is 47.4 Å². The molecule has 2 amide bonds. The van der Waals surface area contributed by atoms with Crippen LogP contribution in [0.5, 0.6) is 0 Å². The van der Waals surface area contributed by atoms with E-state index in [2.05, 4.69) is 15.6 Å². The van der Waals surface area contributed by atoms with Crippen LogP contribution in [0.4, 0.5) is 14.6 Å². The van der Waals surface area contributed by atoms with Gasteiger partial charge >= 0.3 is 0 Å². The number of pyridine rings is 2. The minimum absolute atomic E-state index is 0.0126. The van der Waals surface area contributed by atoms with Crippen molar-refractivity contribution in [3.8, 4) is 11.1 Å². The standard InChI is InChI=1S/C33H36ClF2N5O4/c1-19(2)41-16-20(14-37-15-24-4-3-9-45-24)10-27(32(41)44)30(42)39-29-12-22(11-28(38-29)21-5-6-21)25-8-7-23(34)13-26(25)31(43)40-17-33(35,36)18-40/h7-8,10-13,16,19,21,24,37H,3-6,9,14-15,17-18H2,1-2H3,(H,38,39,42). The molecule has 6 rings (SSSR count). The first kappa shape index (κ1) is 31.3. The zero-order valence-corrected chi connectivity index (χ0v) is 26.0. The smallest absolute Gasteiger partial charge is 0.282 e. The van der Waals surface area contributed by atoms with Gasteiger partial charge in [-0.15, -0.1) is 0 Å². The van der Waals surface area contributed by atoms with E-state index >= 15 is 0 Å². The fraction of sp³-hybridized carbons (Fsp3) is 0.455. The van der Waals surface area contributed by atoms with Crippen LogP contribution < -0.4 is 16.2 Å². The summed E-state index contributed by atoms with van der Waals surface area (Å²) in [5.74, 6) is -3.64. The number of halogens is 3. The van der Waals surface area contributed by atoms with Crippen molar-refractivity contribution in [2.45, 2.75) is 70.1 Å². The Labute approximate surface area is 264 Å². The normalized spacial score (nSPS) is 19.1. The van der Waals surface area contributed by atoms with Crippen molar-refractivity contribution >= 4 is 29.2 Å². The molecule has 12 heteroatoms. The van der Waals surface area contributed by atoms with E-state index in [1.165, 1.54) is 6.07 Å². The summed E-state index contributed by atoms with van der Waals surface area (Å²) in [4.78, 5) is 46.0. The molecule has 238 valence electrons. The molecule has 3 aromatic rings. The third-order valence-corrected chi connectivity index (χ3v) is 8.60. The lowest BCUT2D eigenvalue weighted by Crippen LogP contribution is -2.58. The molecule has 1 unspecified atom stereocenters. The van der Waals surface area contributed by atoms with Gasteiger partial charge in [0.25, 0.3) is 23.3 Å². The number of hydrogen-bond donors (Lipinski definition) is 2. The molecular formula is C33H36ClF2N5O4. The van der Waals surface area contributed by atoms with E-state index in [1.807, 2.05) is 19.9 Å². The van der Waals surface area contributed by atoms with Gasteiger partial charge in [-0.3, -0.25) is 14.4 Å². The lowest BCUT2D eigenvalue weighted by Gasteiger charge is -2.39. The number of likely N-dealkylation sites (tertiary alicyclic amines) is 1. The highest BCUT2D eigenvalue weighted by Crippen LogP contribution is 2.42. The van der Waals surface area contributed by atoms with Gasteiger partial charge in [0.05, 0.1) is 19.2 Å². The molecule has 2 saturated heterocycles. The van der Waals surface area contributed by atoms with Crippen molar-refractivity contribution in [1.29, 1.82) is 0 Å². The summed E-state index contributed by atoms with van der Waals surface area (Å²) in [6.07, 6.45) is 5.83. The van der Waals surface area contributed by atoms with Gasteiger partial charge in [-0.25, -0.2) is 13.8 Å². The molecule has 1 aromatic carbocycles. The number of benzene rings is 1. The number of hydrogen-bond acceptors (Lipinski definition) is 6. The van der Waals surface area contributed by atoms with Crippen molar-refractivity contribution in [3.63, 3.8) is 0 Å². The van der Waals surface area contributed by atoms with E-state index < -0.39 is 36.4 Å². The van der Waals surface area contributed by atoms with E-state index in [9.17, 15) is 23.2 Å². The average Bonchev–Trinajstić information content (AvgIpc) is 3.71. The average molecular weight is 640 g/mol. The maximum Gasteiger partial charge on any atom is 0.282 e. The van der Waals surface area contributed by atoms with Gasteiger partial charge in [-0.2, -0.15) is 0 Å². The predicted octanol–water partition coefficient (Wildman–Crippen LogP) is 5.63. The number of aromatic nitrogens is 2. The van der Waals surface area contributed by atoms with E-state index in [1.54, 1.807) is 35.0 Å². The molecule has 2 aliphatic heterocycles. The maximum atomic E-state index is 13.7. The van der Waals surface area contributed by atoms with E-state index in [-0.39, 0.29) is 35.0 Å². The van der Waals surface area contributed by atoms with Crippen molar-refractivity contribution in [3.05, 3.63) is 80.4 Å². The highest BCUT2D eigenvalue weighted by atomic mass is 35.5. The quantitative estimate of drug-likeness (QED) is 0.298. The van der Waals surface area contributed by atoms with Crippen LogP contribution >= 0.6 is 11.6 Å². The first-order valence-electron chi connectivity index (χ1n) is 15.3. The summed E-state index contributed by atoms with van der Waals surface area (Å²) >= 11 is 6.23. The first-order chi connectivity index (χ1) is 21.5. The van der Waals surface area contributed by atoms with Crippen LogP contribution in [-0.2, 0) is 11.3 Å². The number of nitrogens with zero attached hydrogens (tertiary/aromatic N) is 3. The third kappa shape index (κ3) is 7.10. The molecule has 9 nitrogen and oxygen atoms in total. The van der Waals surface area contributed by atoms with E-state index in [4.69, 9.17) is 16.3 Å². The Kier molecular flexibility index (Phi) is 8.78. The van der Waals surface area contributed by atoms with Gasteiger partial charge in [0.15, 0.2) is 0 Å². The summed E-state index contributed by atoms with van der Waals surface area (Å²) in [6, 6.07) is 9.67. The molecule has 3 aliphatic rings. The Morgan fingerprint density at radius 1 is 1.11 bits per heavy atom. The molecule has 4 heterocycles. The summed E-state index contributed by atoms with van der Waals surface area (Å²) in [5, 5.41) is 6.49. The number of ether oxygens (including phenoxy) is 1. The number of carbonyl (C=O) groups is 2. The molecule has 2 aromatic heterocycles. The Balaban J connectivity index is 1.29. The van der Waals surface area contributed by atoms with E-state index in [0.29, 0.717) is 29.2 Å². The lowest BCUT2D eigenvalue weighted by atomic mass is 9.96. The fourth-order valence-electron chi connectivity index (χ4n) is 5.80. The second kappa shape index (κ2) is 12.6. The van der Waals surface area contributed by atoms with Gasteiger partial charge in [-0.05, 0) is 86.6 Å². The zero-order chi connectivity index (χ0) is 31.9. The van der Waals surface area contributed by atoms with Crippen LogP contribution in [0.25, 0.3) is 11.1 Å². The largest absolute Gasteiger partial charge is 0.377 e. The van der Waals surface area contributed by atoms with Crippen LogP contribution in [0.3, 0.4) is 0 Å². The second-order valence-corrected chi connectivity index (χ2v) is 12.9. The maximum absolute atomic E-state index is 13.7. The molecule has 1 aliphatic carbocycles. The van der Waals surface area contributed by atoms with Gasteiger partial charge in [0.2, 0.25) is 0 Å². The molecule has 45 heavy (non-hydrogen) atoms. The van der Waals surface area contributed by atoms with Crippen LogP contribution in [0.2, 0.25) is 5.02 Å². The molecular weight excluding hydrogens is 604 g/mol. The molecule has 3 fully saturated rings. The van der Waals surface area contributed by atoms with Crippen LogP contribution in [-0.4, -0.2) is 64.5 Å². The highest BCUT2D eigenvalue weighted by Gasteiger charge is 2.46. The van der Waals surface area contributed by atoms with Crippen LogP contribution in [0, 0.1) is 0 Å². The summed E-state index contributed by atoms with van der Waals surface area (Å²) in [5.41, 5.74) is 2.35. The molecule has 0 spiro atoms. The van der Waals surface area contributed by atoms with Crippen molar-refractivity contribution < 1.29 is 23.1 Å². The van der Waals surface area contributed by atoms with Crippen LogP contribution in [0.1, 0.15) is 83.5 Å². The Morgan fingerprint density at radius 3 is 2.56 bits per heavy atom. The van der Waals surface area contributed by atoms with Gasteiger partial charge in [0.1, 0.15) is 11.4 Å². The zero-order valence-electron chi connectivity index (χ0n) is 25.2.